The number of hydrogen-bond donors (Lipinski definition) is 1. The molecule has 1 aromatic carbocycles. The lowest BCUT2D eigenvalue weighted by atomic mass is 9.95. The van der Waals surface area contributed by atoms with Crippen LogP contribution in [0.4, 0.5) is 0 Å². The van der Waals surface area contributed by atoms with E-state index in [-0.39, 0.29) is 29.9 Å². The minimum Gasteiger partial charge on any atom is -0.496 e. The summed E-state index contributed by atoms with van der Waals surface area (Å²) >= 11 is 6.02. The van der Waals surface area contributed by atoms with Crippen LogP contribution >= 0.6 is 11.6 Å². The Bertz CT molecular complexity index is 876. The summed E-state index contributed by atoms with van der Waals surface area (Å²) in [6.45, 7) is 0. The normalized spacial score (nSPS) is 23.4. The average Bonchev–Trinajstić information content (AvgIpc) is 2.98. The molecule has 2 aliphatic heterocycles. The van der Waals surface area contributed by atoms with Crippen LogP contribution in [0.1, 0.15) is 46.4 Å². The zero-order valence-corrected chi connectivity index (χ0v) is 16.4. The number of nitrogens with zero attached hydrogens (tertiary/aromatic N) is 2. The van der Waals surface area contributed by atoms with Gasteiger partial charge in [-0.3, -0.25) is 14.6 Å². The van der Waals surface area contributed by atoms with Crippen molar-refractivity contribution in [3.8, 4) is 5.75 Å². The van der Waals surface area contributed by atoms with Gasteiger partial charge in [0.15, 0.2) is 0 Å². The molecule has 6 nitrogen and oxygen atoms in total. The molecule has 0 spiro atoms. The van der Waals surface area contributed by atoms with E-state index in [0.29, 0.717) is 21.9 Å². The van der Waals surface area contributed by atoms with Gasteiger partial charge in [-0.1, -0.05) is 11.6 Å². The maximum Gasteiger partial charge on any atom is 0.258 e. The van der Waals surface area contributed by atoms with E-state index in [1.807, 2.05) is 4.90 Å². The van der Waals surface area contributed by atoms with Crippen LogP contribution in [0.5, 0.6) is 5.75 Å². The number of halogens is 1. The fourth-order valence-electron chi connectivity index (χ4n) is 4.38. The second kappa shape index (κ2) is 7.80. The fraction of sp³-hybridized carbons (Fsp3) is 0.381. The number of benzene rings is 1. The van der Waals surface area contributed by atoms with Crippen molar-refractivity contribution in [2.24, 2.45) is 0 Å². The Hall–Kier alpha value is -2.60. The van der Waals surface area contributed by atoms with Crippen LogP contribution < -0.4 is 10.1 Å². The number of aromatic nitrogens is 1. The average molecular weight is 400 g/mol. The molecule has 2 aromatic rings. The third kappa shape index (κ3) is 3.56. The third-order valence-electron chi connectivity index (χ3n) is 5.64. The van der Waals surface area contributed by atoms with Crippen molar-refractivity contribution < 1.29 is 14.3 Å². The van der Waals surface area contributed by atoms with Gasteiger partial charge in [-0.15, -0.1) is 0 Å². The van der Waals surface area contributed by atoms with Crippen LogP contribution in [0.3, 0.4) is 0 Å². The zero-order chi connectivity index (χ0) is 19.7. The molecule has 1 aromatic heterocycles. The van der Waals surface area contributed by atoms with Crippen LogP contribution in [0.15, 0.2) is 42.7 Å². The summed E-state index contributed by atoms with van der Waals surface area (Å²) in [6.07, 6.45) is 6.64. The van der Waals surface area contributed by atoms with Crippen molar-refractivity contribution in [3.05, 3.63) is 58.9 Å². The Morgan fingerprint density at radius 1 is 1.14 bits per heavy atom. The van der Waals surface area contributed by atoms with Crippen molar-refractivity contribution in [2.45, 2.75) is 43.8 Å². The summed E-state index contributed by atoms with van der Waals surface area (Å²) in [6, 6.07) is 8.81. The van der Waals surface area contributed by atoms with Gasteiger partial charge in [0.05, 0.1) is 12.7 Å². The first-order chi connectivity index (χ1) is 13.6. The number of pyridine rings is 1. The number of carbonyl (C=O) groups excluding carboxylic acids is 2. The van der Waals surface area contributed by atoms with E-state index in [2.05, 4.69) is 10.3 Å². The molecule has 0 radical (unpaired) electrons. The minimum absolute atomic E-state index is 0.0278. The van der Waals surface area contributed by atoms with Crippen molar-refractivity contribution in [1.29, 1.82) is 0 Å². The molecule has 2 saturated heterocycles. The number of ether oxygens (including phenoxy) is 1. The number of piperidine rings is 1. The second-order valence-electron chi connectivity index (χ2n) is 7.32. The lowest BCUT2D eigenvalue weighted by Gasteiger charge is -2.39. The lowest BCUT2D eigenvalue weighted by Crippen LogP contribution is -2.52. The summed E-state index contributed by atoms with van der Waals surface area (Å²) in [4.78, 5) is 31.6. The van der Waals surface area contributed by atoms with Crippen molar-refractivity contribution in [3.63, 3.8) is 0 Å². The Labute approximate surface area is 168 Å². The zero-order valence-electron chi connectivity index (χ0n) is 15.6. The van der Waals surface area contributed by atoms with E-state index in [1.54, 1.807) is 42.7 Å². The summed E-state index contributed by atoms with van der Waals surface area (Å²) in [5, 5.41) is 3.65. The molecule has 4 rings (SSSR count). The van der Waals surface area contributed by atoms with Gasteiger partial charge in [0.1, 0.15) is 5.75 Å². The fourth-order valence-corrected chi connectivity index (χ4v) is 4.54. The maximum absolute atomic E-state index is 13.2. The summed E-state index contributed by atoms with van der Waals surface area (Å²) in [5.74, 6) is 0.371. The molecule has 2 amide bonds. The van der Waals surface area contributed by atoms with Crippen LogP contribution in [-0.2, 0) is 0 Å². The molecule has 28 heavy (non-hydrogen) atoms. The molecule has 3 atom stereocenters. The van der Waals surface area contributed by atoms with E-state index >= 15 is 0 Å². The van der Waals surface area contributed by atoms with Gasteiger partial charge in [-0.25, -0.2) is 0 Å². The smallest absolute Gasteiger partial charge is 0.258 e. The Morgan fingerprint density at radius 2 is 1.82 bits per heavy atom. The number of fused-ring (bicyclic) bond motifs is 2. The largest absolute Gasteiger partial charge is 0.496 e. The molecule has 3 heterocycles. The maximum atomic E-state index is 13.2. The van der Waals surface area contributed by atoms with E-state index in [4.69, 9.17) is 16.3 Å². The van der Waals surface area contributed by atoms with Crippen LogP contribution in [0.2, 0.25) is 5.02 Å². The van der Waals surface area contributed by atoms with Crippen molar-refractivity contribution >= 4 is 23.4 Å². The molecular weight excluding hydrogens is 378 g/mol. The van der Waals surface area contributed by atoms with E-state index in [9.17, 15) is 9.59 Å². The molecule has 2 bridgehead atoms. The first-order valence-electron chi connectivity index (χ1n) is 9.44. The van der Waals surface area contributed by atoms with Gasteiger partial charge in [-0.2, -0.15) is 0 Å². The van der Waals surface area contributed by atoms with Crippen LogP contribution in [0, 0.1) is 0 Å². The third-order valence-corrected chi connectivity index (χ3v) is 5.87. The number of amides is 2. The summed E-state index contributed by atoms with van der Waals surface area (Å²) in [5.41, 5.74) is 1.13. The Kier molecular flexibility index (Phi) is 5.22. The van der Waals surface area contributed by atoms with E-state index in [1.165, 1.54) is 7.11 Å². The highest BCUT2D eigenvalue weighted by atomic mass is 35.5. The van der Waals surface area contributed by atoms with Gasteiger partial charge in [0.2, 0.25) is 0 Å². The highest BCUT2D eigenvalue weighted by Crippen LogP contribution is 2.38. The van der Waals surface area contributed by atoms with Gasteiger partial charge >= 0.3 is 0 Å². The molecule has 146 valence electrons. The van der Waals surface area contributed by atoms with Gasteiger partial charge in [0, 0.05) is 41.1 Å². The first kappa shape index (κ1) is 18.7. The van der Waals surface area contributed by atoms with Gasteiger partial charge in [-0.05, 0) is 56.0 Å². The Morgan fingerprint density at radius 3 is 2.46 bits per heavy atom. The van der Waals surface area contributed by atoms with Crippen molar-refractivity contribution in [1.82, 2.24) is 15.2 Å². The van der Waals surface area contributed by atoms with Crippen molar-refractivity contribution in [2.75, 3.05) is 7.11 Å². The molecule has 0 saturated carbocycles. The first-order valence-corrected chi connectivity index (χ1v) is 9.81. The molecule has 1 unspecified atom stereocenters. The predicted molar refractivity (Wildman–Crippen MR) is 106 cm³/mol. The molecular formula is C21H22ClN3O3. The number of methoxy groups -OCH3 is 1. The monoisotopic (exact) mass is 399 g/mol. The molecule has 1 N–H and O–H groups in total. The summed E-state index contributed by atoms with van der Waals surface area (Å²) < 4.78 is 5.36. The molecule has 7 heteroatoms. The van der Waals surface area contributed by atoms with Gasteiger partial charge < -0.3 is 15.0 Å². The van der Waals surface area contributed by atoms with Crippen LogP contribution in [0.25, 0.3) is 0 Å². The highest BCUT2D eigenvalue weighted by molar-refractivity contribution is 6.30. The topological polar surface area (TPSA) is 71.5 Å². The van der Waals surface area contributed by atoms with Crippen LogP contribution in [-0.4, -0.2) is 46.9 Å². The second-order valence-corrected chi connectivity index (χ2v) is 7.76. The number of rotatable bonds is 4. The SMILES string of the molecule is COc1cc(Cl)ccc1C(=O)N1[C@@H]2CC[C@H]1CC(NC(=O)c1ccncc1)C2. The number of hydrogen-bond acceptors (Lipinski definition) is 4. The molecule has 2 fully saturated rings. The minimum atomic E-state index is -0.0917. The molecule has 0 aliphatic carbocycles. The highest BCUT2D eigenvalue weighted by Gasteiger charge is 2.44. The quantitative estimate of drug-likeness (QED) is 0.856. The number of nitrogens with one attached hydrogen (secondary N) is 1. The molecule has 2 aliphatic rings. The van der Waals surface area contributed by atoms with Gasteiger partial charge in [0.25, 0.3) is 11.8 Å². The number of carbonyl (C=O) groups is 2. The summed E-state index contributed by atoms with van der Waals surface area (Å²) in [7, 11) is 1.54. The van der Waals surface area contributed by atoms with E-state index < -0.39 is 0 Å². The lowest BCUT2D eigenvalue weighted by molar-refractivity contribution is 0.0546. The standard InChI is InChI=1S/C21H22ClN3O3/c1-28-19-10-14(22)2-5-18(19)21(27)25-16-3-4-17(25)12-15(11-16)24-20(26)13-6-8-23-9-7-13/h2,5-10,15-17H,3-4,11-12H2,1H3,(H,24,26)/t15?,16-,17+. The van der Waals surface area contributed by atoms with E-state index in [0.717, 1.165) is 25.7 Å². The Balaban J connectivity index is 1.47. The predicted octanol–water partition coefficient (Wildman–Crippen LogP) is 3.31.